The standard InChI is InChI=1S/C21H23FN2O2/c22-18-8-6-16(7-9-18)21(25)24-12-17-4-1-5-20(19(17)13-24)26-14-15-3-2-10-23-11-15/h2-3,6-11,17,19-20H,1,4-5,12-14H2/t17-,19+,20-/m1/s1. The van der Waals surface area contributed by atoms with E-state index in [0.29, 0.717) is 24.0 Å². The molecule has 4 rings (SSSR count). The van der Waals surface area contributed by atoms with Crippen molar-refractivity contribution in [3.8, 4) is 0 Å². The van der Waals surface area contributed by atoms with Crippen LogP contribution in [0.15, 0.2) is 48.8 Å². The van der Waals surface area contributed by atoms with Crippen LogP contribution in [-0.4, -0.2) is 35.0 Å². The lowest BCUT2D eigenvalue weighted by Gasteiger charge is -2.32. The van der Waals surface area contributed by atoms with Crippen LogP contribution in [0.1, 0.15) is 35.2 Å². The highest BCUT2D eigenvalue weighted by molar-refractivity contribution is 5.94. The van der Waals surface area contributed by atoms with Gasteiger partial charge in [-0.1, -0.05) is 12.5 Å². The van der Waals surface area contributed by atoms with Crippen molar-refractivity contribution in [2.75, 3.05) is 13.1 Å². The second-order valence-corrected chi connectivity index (χ2v) is 7.28. The summed E-state index contributed by atoms with van der Waals surface area (Å²) in [5.74, 6) is 0.544. The maximum atomic E-state index is 13.1. The van der Waals surface area contributed by atoms with E-state index < -0.39 is 0 Å². The van der Waals surface area contributed by atoms with Crippen LogP contribution in [0.5, 0.6) is 0 Å². The average Bonchev–Trinajstić information content (AvgIpc) is 3.12. The van der Waals surface area contributed by atoms with Crippen LogP contribution in [0.4, 0.5) is 4.39 Å². The number of fused-ring (bicyclic) bond motifs is 1. The Hall–Kier alpha value is -2.27. The van der Waals surface area contributed by atoms with Crippen LogP contribution < -0.4 is 0 Å². The third-order valence-corrected chi connectivity index (χ3v) is 5.60. The fourth-order valence-electron chi connectivity index (χ4n) is 4.25. The number of carbonyl (C=O) groups excluding carboxylic acids is 1. The van der Waals surface area contributed by atoms with Crippen molar-refractivity contribution in [2.45, 2.75) is 32.0 Å². The molecular weight excluding hydrogens is 331 g/mol. The number of aromatic nitrogens is 1. The molecule has 1 aliphatic carbocycles. The van der Waals surface area contributed by atoms with E-state index in [4.69, 9.17) is 4.74 Å². The van der Waals surface area contributed by atoms with Gasteiger partial charge >= 0.3 is 0 Å². The number of likely N-dealkylation sites (tertiary alicyclic amines) is 1. The summed E-state index contributed by atoms with van der Waals surface area (Å²) in [5, 5.41) is 0. The van der Waals surface area contributed by atoms with E-state index in [-0.39, 0.29) is 17.8 Å². The largest absolute Gasteiger partial charge is 0.373 e. The summed E-state index contributed by atoms with van der Waals surface area (Å²) in [6.07, 6.45) is 7.09. The Morgan fingerprint density at radius 3 is 2.81 bits per heavy atom. The Balaban J connectivity index is 1.40. The maximum Gasteiger partial charge on any atom is 0.253 e. The zero-order chi connectivity index (χ0) is 17.9. The van der Waals surface area contributed by atoms with Crippen LogP contribution in [0.25, 0.3) is 0 Å². The van der Waals surface area contributed by atoms with Crippen molar-refractivity contribution in [3.05, 3.63) is 65.7 Å². The van der Waals surface area contributed by atoms with Gasteiger partial charge in [0.15, 0.2) is 0 Å². The molecule has 26 heavy (non-hydrogen) atoms. The summed E-state index contributed by atoms with van der Waals surface area (Å²) in [6, 6.07) is 9.76. The van der Waals surface area contributed by atoms with Gasteiger partial charge in [0.05, 0.1) is 12.7 Å². The van der Waals surface area contributed by atoms with Crippen molar-refractivity contribution in [1.29, 1.82) is 0 Å². The van der Waals surface area contributed by atoms with Gasteiger partial charge in [0.1, 0.15) is 5.82 Å². The smallest absolute Gasteiger partial charge is 0.253 e. The van der Waals surface area contributed by atoms with Gasteiger partial charge in [-0.25, -0.2) is 4.39 Å². The van der Waals surface area contributed by atoms with Crippen molar-refractivity contribution in [1.82, 2.24) is 9.88 Å². The molecule has 136 valence electrons. The normalized spacial score (nSPS) is 25.1. The molecule has 5 heteroatoms. The van der Waals surface area contributed by atoms with Crippen LogP contribution in [0.3, 0.4) is 0 Å². The van der Waals surface area contributed by atoms with Crippen molar-refractivity contribution in [3.63, 3.8) is 0 Å². The summed E-state index contributed by atoms with van der Waals surface area (Å²) in [6.45, 7) is 2.06. The quantitative estimate of drug-likeness (QED) is 0.841. The second-order valence-electron chi connectivity index (χ2n) is 7.28. The topological polar surface area (TPSA) is 42.4 Å². The third kappa shape index (κ3) is 3.63. The number of ether oxygens (including phenoxy) is 1. The van der Waals surface area contributed by atoms with Crippen molar-refractivity contribution >= 4 is 5.91 Å². The predicted molar refractivity (Wildman–Crippen MR) is 95.9 cm³/mol. The lowest BCUT2D eigenvalue weighted by molar-refractivity contribution is -0.0293. The first kappa shape index (κ1) is 17.2. The number of nitrogens with zero attached hydrogens (tertiary/aromatic N) is 2. The second kappa shape index (κ2) is 7.54. The van der Waals surface area contributed by atoms with Gasteiger partial charge in [0, 0.05) is 37.0 Å². The van der Waals surface area contributed by atoms with Crippen molar-refractivity contribution in [2.24, 2.45) is 11.8 Å². The molecule has 1 saturated heterocycles. The molecule has 1 amide bonds. The first-order chi connectivity index (χ1) is 12.7. The minimum Gasteiger partial charge on any atom is -0.373 e. The summed E-state index contributed by atoms with van der Waals surface area (Å²) in [4.78, 5) is 18.8. The first-order valence-corrected chi connectivity index (χ1v) is 9.26. The Morgan fingerprint density at radius 2 is 2.04 bits per heavy atom. The van der Waals surface area contributed by atoms with E-state index >= 15 is 0 Å². The lowest BCUT2D eigenvalue weighted by Crippen LogP contribution is -2.34. The Kier molecular flexibility index (Phi) is 4.98. The van der Waals surface area contributed by atoms with Gasteiger partial charge < -0.3 is 9.64 Å². The lowest BCUT2D eigenvalue weighted by atomic mass is 9.79. The molecule has 1 aromatic heterocycles. The summed E-state index contributed by atoms with van der Waals surface area (Å²) in [7, 11) is 0. The van der Waals surface area contributed by atoms with Gasteiger partial charge in [-0.05, 0) is 54.7 Å². The Bertz CT molecular complexity index is 750. The highest BCUT2D eigenvalue weighted by Crippen LogP contribution is 2.38. The minimum absolute atomic E-state index is 0.00888. The van der Waals surface area contributed by atoms with E-state index in [2.05, 4.69) is 4.98 Å². The molecule has 0 N–H and O–H groups in total. The molecule has 0 radical (unpaired) electrons. The first-order valence-electron chi connectivity index (χ1n) is 9.26. The third-order valence-electron chi connectivity index (χ3n) is 5.60. The van der Waals surface area contributed by atoms with E-state index in [0.717, 1.165) is 37.9 Å². The van der Waals surface area contributed by atoms with E-state index in [1.165, 1.54) is 12.1 Å². The molecule has 2 fully saturated rings. The molecule has 2 heterocycles. The molecule has 2 aliphatic rings. The monoisotopic (exact) mass is 354 g/mol. The van der Waals surface area contributed by atoms with E-state index in [1.807, 2.05) is 23.2 Å². The predicted octanol–water partition coefficient (Wildman–Crippen LogP) is 3.68. The van der Waals surface area contributed by atoms with E-state index in [9.17, 15) is 9.18 Å². The van der Waals surface area contributed by atoms with Crippen LogP contribution >= 0.6 is 0 Å². The molecular formula is C21H23FN2O2. The van der Waals surface area contributed by atoms with Crippen LogP contribution in [0.2, 0.25) is 0 Å². The SMILES string of the molecule is O=C(c1ccc(F)cc1)N1C[C@H]2CCC[C@@H](OCc3cccnc3)[C@H]2C1. The van der Waals surface area contributed by atoms with Gasteiger partial charge in [-0.2, -0.15) is 0 Å². The highest BCUT2D eigenvalue weighted by atomic mass is 19.1. The Labute approximate surface area is 153 Å². The number of amides is 1. The number of hydrogen-bond acceptors (Lipinski definition) is 3. The molecule has 1 aliphatic heterocycles. The molecule has 4 nitrogen and oxygen atoms in total. The fraction of sp³-hybridized carbons (Fsp3) is 0.429. The molecule has 1 saturated carbocycles. The number of carbonyl (C=O) groups is 1. The highest BCUT2D eigenvalue weighted by Gasteiger charge is 2.42. The molecule has 0 bridgehead atoms. The molecule has 3 atom stereocenters. The number of pyridine rings is 1. The number of benzene rings is 1. The summed E-state index contributed by atoms with van der Waals surface area (Å²) >= 11 is 0. The van der Waals surface area contributed by atoms with E-state index in [1.54, 1.807) is 18.3 Å². The zero-order valence-electron chi connectivity index (χ0n) is 14.7. The van der Waals surface area contributed by atoms with Crippen molar-refractivity contribution < 1.29 is 13.9 Å². The summed E-state index contributed by atoms with van der Waals surface area (Å²) in [5.41, 5.74) is 1.63. The van der Waals surface area contributed by atoms with Crippen LogP contribution in [-0.2, 0) is 11.3 Å². The fourth-order valence-corrected chi connectivity index (χ4v) is 4.25. The van der Waals surface area contributed by atoms with Gasteiger partial charge in [0.25, 0.3) is 5.91 Å². The number of halogens is 1. The zero-order valence-corrected chi connectivity index (χ0v) is 14.7. The van der Waals surface area contributed by atoms with Gasteiger partial charge in [0.2, 0.25) is 0 Å². The minimum atomic E-state index is -0.319. The molecule has 0 unspecified atom stereocenters. The molecule has 1 aromatic carbocycles. The Morgan fingerprint density at radius 1 is 1.19 bits per heavy atom. The van der Waals surface area contributed by atoms with Gasteiger partial charge in [-0.3, -0.25) is 9.78 Å². The van der Waals surface area contributed by atoms with Gasteiger partial charge in [-0.15, -0.1) is 0 Å². The molecule has 0 spiro atoms. The van der Waals surface area contributed by atoms with Crippen LogP contribution in [0, 0.1) is 17.7 Å². The number of hydrogen-bond donors (Lipinski definition) is 0. The molecule has 2 aromatic rings. The maximum absolute atomic E-state index is 13.1. The average molecular weight is 354 g/mol. The number of rotatable bonds is 4. The summed E-state index contributed by atoms with van der Waals surface area (Å²) < 4.78 is 19.3.